The van der Waals surface area contributed by atoms with E-state index in [2.05, 4.69) is 34.7 Å². The van der Waals surface area contributed by atoms with Crippen molar-refractivity contribution in [3.05, 3.63) is 47.5 Å². The lowest BCUT2D eigenvalue weighted by Gasteiger charge is -2.32. The summed E-state index contributed by atoms with van der Waals surface area (Å²) in [4.78, 5) is 21.8. The molecule has 0 spiro atoms. The van der Waals surface area contributed by atoms with Crippen LogP contribution in [0.5, 0.6) is 5.75 Å². The van der Waals surface area contributed by atoms with E-state index in [1.165, 1.54) is 5.82 Å². The second kappa shape index (κ2) is 9.24. The molecule has 0 N–H and O–H groups in total. The number of nitrogens with zero attached hydrogens (tertiary/aromatic N) is 4. The van der Waals surface area contributed by atoms with Gasteiger partial charge in [-0.1, -0.05) is 0 Å². The van der Waals surface area contributed by atoms with Crippen LogP contribution < -0.4 is 4.74 Å². The fourth-order valence-electron chi connectivity index (χ4n) is 3.94. The molecule has 0 atom stereocenters. The molecule has 2 aromatic rings. The molecule has 1 fully saturated rings. The van der Waals surface area contributed by atoms with Crippen LogP contribution >= 0.6 is 0 Å². The number of methoxy groups -OCH3 is 1. The van der Waals surface area contributed by atoms with Gasteiger partial charge in [-0.25, -0.2) is 4.98 Å². The number of rotatable bonds is 7. The molecule has 3 rings (SSSR count). The van der Waals surface area contributed by atoms with Crippen molar-refractivity contribution in [3.8, 4) is 5.75 Å². The Bertz CT molecular complexity index is 792. The molecule has 0 unspecified atom stereocenters. The molecule has 0 aliphatic carbocycles. The van der Waals surface area contributed by atoms with Crippen LogP contribution in [0, 0.1) is 6.92 Å². The minimum absolute atomic E-state index is 0.118. The second-order valence-electron chi connectivity index (χ2n) is 7.88. The number of amides is 1. The molecule has 1 saturated heterocycles. The van der Waals surface area contributed by atoms with E-state index < -0.39 is 0 Å². The minimum Gasteiger partial charge on any atom is -0.497 e. The van der Waals surface area contributed by atoms with E-state index in [0.29, 0.717) is 5.92 Å². The highest BCUT2D eigenvalue weighted by molar-refractivity contribution is 5.95. The summed E-state index contributed by atoms with van der Waals surface area (Å²) < 4.78 is 7.54. The molecule has 28 heavy (non-hydrogen) atoms. The van der Waals surface area contributed by atoms with E-state index in [0.717, 1.165) is 62.3 Å². The minimum atomic E-state index is 0.118. The maximum atomic E-state index is 12.9. The first-order chi connectivity index (χ1) is 13.5. The average Bonchev–Trinajstić information content (AvgIpc) is 3.15. The van der Waals surface area contributed by atoms with Gasteiger partial charge in [0.2, 0.25) is 0 Å². The number of ether oxygens (including phenoxy) is 1. The van der Waals surface area contributed by atoms with Crippen molar-refractivity contribution < 1.29 is 9.53 Å². The number of carbonyl (C=O) groups excluding carboxylic acids is 1. The summed E-state index contributed by atoms with van der Waals surface area (Å²) in [6.45, 7) is 5.59. The van der Waals surface area contributed by atoms with E-state index >= 15 is 0 Å². The first-order valence-corrected chi connectivity index (χ1v) is 10.1. The molecule has 0 saturated carbocycles. The van der Waals surface area contributed by atoms with Gasteiger partial charge >= 0.3 is 0 Å². The number of aryl methyl sites for hydroxylation is 2. The molecule has 1 aliphatic rings. The predicted octanol–water partition coefficient (Wildman–Crippen LogP) is 3.17. The molecule has 1 aromatic carbocycles. The highest BCUT2D eigenvalue weighted by atomic mass is 16.5. The fourth-order valence-corrected chi connectivity index (χ4v) is 3.94. The summed E-state index contributed by atoms with van der Waals surface area (Å²) in [7, 11) is 5.85. The van der Waals surface area contributed by atoms with Gasteiger partial charge in [-0.2, -0.15) is 0 Å². The van der Waals surface area contributed by atoms with E-state index in [9.17, 15) is 4.79 Å². The number of hydrogen-bond acceptors (Lipinski definition) is 4. The largest absolute Gasteiger partial charge is 0.497 e. The van der Waals surface area contributed by atoms with Gasteiger partial charge in [-0.15, -0.1) is 0 Å². The van der Waals surface area contributed by atoms with Crippen molar-refractivity contribution in [2.45, 2.75) is 38.6 Å². The second-order valence-corrected chi connectivity index (χ2v) is 7.88. The summed E-state index contributed by atoms with van der Waals surface area (Å²) in [6.07, 6.45) is 7.04. The Morgan fingerprint density at radius 3 is 2.68 bits per heavy atom. The SMILES string of the molecule is COc1ccc(C(=O)N2CCC(c3nccn3CCCN(C)C)CC2)c(C)c1. The molecule has 2 heterocycles. The molecule has 1 aromatic heterocycles. The highest BCUT2D eigenvalue weighted by Gasteiger charge is 2.27. The zero-order chi connectivity index (χ0) is 20.1. The average molecular weight is 385 g/mol. The monoisotopic (exact) mass is 384 g/mol. The van der Waals surface area contributed by atoms with Gasteiger partial charge in [0.15, 0.2) is 0 Å². The van der Waals surface area contributed by atoms with Crippen molar-refractivity contribution in [1.82, 2.24) is 19.4 Å². The van der Waals surface area contributed by atoms with Crippen molar-refractivity contribution in [2.24, 2.45) is 0 Å². The third-order valence-corrected chi connectivity index (χ3v) is 5.56. The van der Waals surface area contributed by atoms with E-state index in [-0.39, 0.29) is 5.91 Å². The number of benzene rings is 1. The van der Waals surface area contributed by atoms with Gasteiger partial charge in [0.25, 0.3) is 5.91 Å². The maximum Gasteiger partial charge on any atom is 0.254 e. The van der Waals surface area contributed by atoms with Crippen molar-refractivity contribution in [1.29, 1.82) is 0 Å². The standard InChI is InChI=1S/C22H32N4O2/c1-17-16-19(28-4)6-7-20(17)22(27)26-13-8-18(9-14-26)21-23-10-15-25(21)12-5-11-24(2)3/h6-7,10,15-16,18H,5,8-9,11-14H2,1-4H3. The Balaban J connectivity index is 1.59. The summed E-state index contributed by atoms with van der Waals surface area (Å²) in [6, 6.07) is 5.65. The van der Waals surface area contributed by atoms with E-state index in [1.54, 1.807) is 7.11 Å². The number of carbonyl (C=O) groups is 1. The first kappa shape index (κ1) is 20.4. The van der Waals surface area contributed by atoms with Crippen molar-refractivity contribution in [2.75, 3.05) is 40.8 Å². The Kier molecular flexibility index (Phi) is 6.73. The Morgan fingerprint density at radius 2 is 2.04 bits per heavy atom. The van der Waals surface area contributed by atoms with Crippen LogP contribution in [0.4, 0.5) is 0 Å². The number of likely N-dealkylation sites (tertiary alicyclic amines) is 1. The molecule has 6 nitrogen and oxygen atoms in total. The van der Waals surface area contributed by atoms with Gasteiger partial charge in [0.05, 0.1) is 7.11 Å². The van der Waals surface area contributed by atoms with Gasteiger partial charge in [0, 0.05) is 43.5 Å². The van der Waals surface area contributed by atoms with Crippen LogP contribution in [-0.4, -0.2) is 66.1 Å². The molecule has 6 heteroatoms. The fraction of sp³-hybridized carbons (Fsp3) is 0.545. The van der Waals surface area contributed by atoms with Crippen molar-refractivity contribution >= 4 is 5.91 Å². The summed E-state index contributed by atoms with van der Waals surface area (Å²) >= 11 is 0. The molecule has 1 amide bonds. The zero-order valence-corrected chi connectivity index (χ0v) is 17.5. The lowest BCUT2D eigenvalue weighted by molar-refractivity contribution is 0.0709. The lowest BCUT2D eigenvalue weighted by Crippen LogP contribution is -2.38. The van der Waals surface area contributed by atoms with Crippen LogP contribution in [0.15, 0.2) is 30.6 Å². The van der Waals surface area contributed by atoms with Crippen molar-refractivity contribution in [3.63, 3.8) is 0 Å². The van der Waals surface area contributed by atoms with E-state index in [4.69, 9.17) is 4.74 Å². The Labute approximate surface area is 168 Å². The predicted molar refractivity (Wildman–Crippen MR) is 111 cm³/mol. The number of hydrogen-bond donors (Lipinski definition) is 0. The summed E-state index contributed by atoms with van der Waals surface area (Å²) in [5.41, 5.74) is 1.73. The van der Waals surface area contributed by atoms with Gasteiger partial charge in [-0.3, -0.25) is 4.79 Å². The third kappa shape index (κ3) is 4.73. The molecule has 1 aliphatic heterocycles. The quantitative estimate of drug-likeness (QED) is 0.736. The summed E-state index contributed by atoms with van der Waals surface area (Å²) in [5.74, 6) is 2.50. The molecular formula is C22H32N4O2. The first-order valence-electron chi connectivity index (χ1n) is 10.1. The maximum absolute atomic E-state index is 12.9. The third-order valence-electron chi connectivity index (χ3n) is 5.56. The number of aromatic nitrogens is 2. The Hall–Kier alpha value is -2.34. The van der Waals surface area contributed by atoms with Gasteiger partial charge in [-0.05, 0) is 70.6 Å². The number of imidazole rings is 1. The molecule has 0 radical (unpaired) electrons. The van der Waals surface area contributed by atoms with Crippen LogP contribution in [0.2, 0.25) is 0 Å². The molecule has 152 valence electrons. The highest BCUT2D eigenvalue weighted by Crippen LogP contribution is 2.28. The van der Waals surface area contributed by atoms with Crippen LogP contribution in [0.3, 0.4) is 0 Å². The molecular weight excluding hydrogens is 352 g/mol. The topological polar surface area (TPSA) is 50.6 Å². The Morgan fingerprint density at radius 1 is 1.29 bits per heavy atom. The molecule has 0 bridgehead atoms. The summed E-state index contributed by atoms with van der Waals surface area (Å²) in [5, 5.41) is 0. The number of piperidine rings is 1. The smallest absolute Gasteiger partial charge is 0.254 e. The van der Waals surface area contributed by atoms with Crippen LogP contribution in [0.25, 0.3) is 0 Å². The van der Waals surface area contributed by atoms with Crippen LogP contribution in [0.1, 0.15) is 46.9 Å². The van der Waals surface area contributed by atoms with Crippen LogP contribution in [-0.2, 0) is 6.54 Å². The normalized spacial score (nSPS) is 15.2. The van der Waals surface area contributed by atoms with Gasteiger partial charge in [0.1, 0.15) is 11.6 Å². The van der Waals surface area contributed by atoms with E-state index in [1.807, 2.05) is 36.2 Å². The zero-order valence-electron chi connectivity index (χ0n) is 17.5. The van der Waals surface area contributed by atoms with Gasteiger partial charge < -0.3 is 19.1 Å². The lowest BCUT2D eigenvalue weighted by atomic mass is 9.95.